The Labute approximate surface area is 231 Å². The highest BCUT2D eigenvalue weighted by molar-refractivity contribution is 5.94. The molecule has 1 saturated heterocycles. The van der Waals surface area contributed by atoms with E-state index >= 15 is 0 Å². The molecule has 9 N–H and O–H groups in total. The number of carboxylic acid groups (broad SMARTS) is 2. The Morgan fingerprint density at radius 1 is 0.950 bits per heavy atom. The van der Waals surface area contributed by atoms with Gasteiger partial charge in [0.2, 0.25) is 17.7 Å². The summed E-state index contributed by atoms with van der Waals surface area (Å²) in [6, 6.07) is 3.28. The van der Waals surface area contributed by atoms with Crippen molar-refractivity contribution in [1.29, 1.82) is 0 Å². The number of fused-ring (bicyclic) bond motifs is 1. The fourth-order valence-corrected chi connectivity index (χ4v) is 4.74. The van der Waals surface area contributed by atoms with Gasteiger partial charge >= 0.3 is 11.9 Å². The molecule has 1 aromatic heterocycles. The van der Waals surface area contributed by atoms with E-state index in [9.17, 15) is 34.2 Å². The monoisotopic (exact) mass is 558 g/mol. The number of nitrogens with one attached hydrogen (secondary N) is 5. The first-order valence-electron chi connectivity index (χ1n) is 13.5. The Morgan fingerprint density at radius 3 is 2.30 bits per heavy atom. The Morgan fingerprint density at radius 2 is 1.65 bits per heavy atom. The summed E-state index contributed by atoms with van der Waals surface area (Å²) >= 11 is 0. The Balaban J connectivity index is 1.72. The van der Waals surface area contributed by atoms with E-state index in [0.29, 0.717) is 37.9 Å². The van der Waals surface area contributed by atoms with Crippen molar-refractivity contribution in [3.8, 4) is 0 Å². The first-order chi connectivity index (χ1) is 19.2. The summed E-state index contributed by atoms with van der Waals surface area (Å²) in [5.74, 6) is -4.27. The number of aromatic nitrogens is 1. The minimum absolute atomic E-state index is 0.0309. The SMILES string of the molecule is NCCCCC(NC(=O)C1CCCN1)C(=O)NC(CCC(=O)O)C(=O)NC(Cc1c[nH]c2ccccc12)C(=O)O. The number of carbonyl (C=O) groups is 5. The molecule has 1 aliphatic heterocycles. The molecule has 4 atom stereocenters. The maximum Gasteiger partial charge on any atom is 0.326 e. The summed E-state index contributed by atoms with van der Waals surface area (Å²) in [4.78, 5) is 65.5. The maximum atomic E-state index is 13.2. The van der Waals surface area contributed by atoms with Gasteiger partial charge in [-0.05, 0) is 63.2 Å². The third-order valence-corrected chi connectivity index (χ3v) is 6.95. The number of amides is 3. The first kappa shape index (κ1) is 30.6. The molecule has 0 bridgehead atoms. The van der Waals surface area contributed by atoms with E-state index in [1.165, 1.54) is 0 Å². The van der Waals surface area contributed by atoms with E-state index in [0.717, 1.165) is 17.3 Å². The molecule has 1 fully saturated rings. The lowest BCUT2D eigenvalue weighted by molar-refractivity contribution is -0.143. The Bertz CT molecular complexity index is 1190. The minimum Gasteiger partial charge on any atom is -0.481 e. The summed E-state index contributed by atoms with van der Waals surface area (Å²) in [6.07, 6.45) is 3.86. The zero-order chi connectivity index (χ0) is 29.1. The number of nitrogens with two attached hydrogens (primary N) is 1. The number of hydrogen-bond donors (Lipinski definition) is 8. The molecule has 1 aliphatic rings. The standard InChI is InChI=1S/C27H38N6O7/c28-12-4-3-8-20(31-24(36)19-9-5-13-29-19)25(37)32-21(10-11-23(34)35)26(38)33-22(27(39)40)14-16-15-30-18-7-2-1-6-17(16)18/h1-2,6-7,15,19-22,29-30H,3-5,8-14,28H2,(H,31,36)(H,32,37)(H,33,38)(H,34,35)(H,39,40). The summed E-state index contributed by atoms with van der Waals surface area (Å²) in [5.41, 5.74) is 7.07. The van der Waals surface area contributed by atoms with Crippen LogP contribution in [0.4, 0.5) is 0 Å². The van der Waals surface area contributed by atoms with Crippen molar-refractivity contribution in [2.75, 3.05) is 13.1 Å². The lowest BCUT2D eigenvalue weighted by atomic mass is 10.0. The zero-order valence-electron chi connectivity index (χ0n) is 22.3. The van der Waals surface area contributed by atoms with E-state index in [1.807, 2.05) is 24.3 Å². The quantitative estimate of drug-likeness (QED) is 0.130. The van der Waals surface area contributed by atoms with Crippen LogP contribution in [-0.4, -0.2) is 82.1 Å². The average molecular weight is 559 g/mol. The summed E-state index contributed by atoms with van der Waals surface area (Å²) in [6.45, 7) is 1.10. The van der Waals surface area contributed by atoms with E-state index < -0.39 is 54.3 Å². The smallest absolute Gasteiger partial charge is 0.326 e. The van der Waals surface area contributed by atoms with Gasteiger partial charge in [-0.2, -0.15) is 0 Å². The molecule has 3 rings (SSSR count). The second-order valence-electron chi connectivity index (χ2n) is 9.95. The summed E-state index contributed by atoms with van der Waals surface area (Å²) in [5, 5.41) is 30.6. The molecule has 13 nitrogen and oxygen atoms in total. The van der Waals surface area contributed by atoms with Crippen molar-refractivity contribution < 1.29 is 34.2 Å². The van der Waals surface area contributed by atoms with Gasteiger partial charge in [0.05, 0.1) is 6.04 Å². The van der Waals surface area contributed by atoms with Crippen LogP contribution in [0.3, 0.4) is 0 Å². The number of aromatic amines is 1. The van der Waals surface area contributed by atoms with Crippen LogP contribution in [0.15, 0.2) is 30.5 Å². The molecule has 218 valence electrons. The van der Waals surface area contributed by atoms with Crippen molar-refractivity contribution in [2.24, 2.45) is 5.73 Å². The van der Waals surface area contributed by atoms with Gasteiger partial charge in [-0.15, -0.1) is 0 Å². The Hall–Kier alpha value is -3.97. The number of unbranched alkanes of at least 4 members (excludes halogenated alkanes) is 1. The first-order valence-corrected chi connectivity index (χ1v) is 13.5. The average Bonchev–Trinajstić information content (AvgIpc) is 3.60. The van der Waals surface area contributed by atoms with Crippen molar-refractivity contribution in [2.45, 2.75) is 75.5 Å². The van der Waals surface area contributed by atoms with Gasteiger partial charge in [-0.1, -0.05) is 18.2 Å². The van der Waals surface area contributed by atoms with Gasteiger partial charge < -0.3 is 42.2 Å². The molecule has 4 unspecified atom stereocenters. The predicted molar refractivity (Wildman–Crippen MR) is 146 cm³/mol. The van der Waals surface area contributed by atoms with Crippen LogP contribution >= 0.6 is 0 Å². The third-order valence-electron chi connectivity index (χ3n) is 6.95. The topological polar surface area (TPSA) is 216 Å². The summed E-state index contributed by atoms with van der Waals surface area (Å²) < 4.78 is 0. The van der Waals surface area contributed by atoms with Crippen LogP contribution in [0.25, 0.3) is 10.9 Å². The molecule has 0 saturated carbocycles. The number of rotatable bonds is 16. The number of carbonyl (C=O) groups excluding carboxylic acids is 3. The molecule has 2 aromatic rings. The summed E-state index contributed by atoms with van der Waals surface area (Å²) in [7, 11) is 0. The van der Waals surface area contributed by atoms with Gasteiger partial charge in [0.1, 0.15) is 18.1 Å². The number of H-pyrrole nitrogens is 1. The highest BCUT2D eigenvalue weighted by Crippen LogP contribution is 2.19. The maximum absolute atomic E-state index is 13.2. The molecular weight excluding hydrogens is 520 g/mol. The van der Waals surface area contributed by atoms with Gasteiger partial charge in [0.25, 0.3) is 0 Å². The van der Waals surface area contributed by atoms with Gasteiger partial charge in [0.15, 0.2) is 0 Å². The highest BCUT2D eigenvalue weighted by atomic mass is 16.4. The van der Waals surface area contributed by atoms with Crippen molar-refractivity contribution in [3.63, 3.8) is 0 Å². The predicted octanol–water partition coefficient (Wildman–Crippen LogP) is -0.00480. The highest BCUT2D eigenvalue weighted by Gasteiger charge is 2.32. The van der Waals surface area contributed by atoms with Crippen LogP contribution < -0.4 is 27.0 Å². The van der Waals surface area contributed by atoms with Gasteiger partial charge in [-0.3, -0.25) is 19.2 Å². The molecule has 0 spiro atoms. The van der Waals surface area contributed by atoms with Gasteiger partial charge in [-0.25, -0.2) is 4.79 Å². The molecule has 0 radical (unpaired) electrons. The van der Waals surface area contributed by atoms with Crippen LogP contribution in [-0.2, 0) is 30.4 Å². The molecule has 2 heterocycles. The largest absolute Gasteiger partial charge is 0.481 e. The van der Waals surface area contributed by atoms with Crippen LogP contribution in [0.5, 0.6) is 0 Å². The van der Waals surface area contributed by atoms with E-state index in [1.54, 1.807) is 6.20 Å². The van der Waals surface area contributed by atoms with Crippen molar-refractivity contribution in [3.05, 3.63) is 36.0 Å². The zero-order valence-corrected chi connectivity index (χ0v) is 22.3. The van der Waals surface area contributed by atoms with E-state index in [-0.39, 0.29) is 25.2 Å². The Kier molecular flexibility index (Phi) is 11.5. The molecule has 0 aliphatic carbocycles. The number of carboxylic acids is 2. The second kappa shape index (κ2) is 15.0. The molecular formula is C27H38N6O7. The normalized spacial score (nSPS) is 17.1. The van der Waals surface area contributed by atoms with E-state index in [2.05, 4.69) is 26.3 Å². The van der Waals surface area contributed by atoms with Crippen LogP contribution in [0.2, 0.25) is 0 Å². The lowest BCUT2D eigenvalue weighted by Crippen LogP contribution is -2.57. The second-order valence-corrected chi connectivity index (χ2v) is 9.95. The molecule has 1 aromatic carbocycles. The molecule has 40 heavy (non-hydrogen) atoms. The van der Waals surface area contributed by atoms with E-state index in [4.69, 9.17) is 5.73 Å². The van der Waals surface area contributed by atoms with Crippen molar-refractivity contribution in [1.82, 2.24) is 26.3 Å². The van der Waals surface area contributed by atoms with Crippen LogP contribution in [0, 0.1) is 0 Å². The molecule has 13 heteroatoms. The van der Waals surface area contributed by atoms with Crippen molar-refractivity contribution >= 4 is 40.6 Å². The van der Waals surface area contributed by atoms with Crippen LogP contribution in [0.1, 0.15) is 50.5 Å². The fourth-order valence-electron chi connectivity index (χ4n) is 4.74. The number of aliphatic carboxylic acids is 2. The number of hydrogen-bond acceptors (Lipinski definition) is 7. The number of para-hydroxylation sites is 1. The third kappa shape index (κ3) is 8.78. The number of benzene rings is 1. The lowest BCUT2D eigenvalue weighted by Gasteiger charge is -2.25. The molecule has 3 amide bonds. The van der Waals surface area contributed by atoms with Gasteiger partial charge in [0, 0.05) is 29.9 Å². The fraction of sp³-hybridized carbons (Fsp3) is 0.519. The minimum atomic E-state index is -1.33.